The number of Topliss-reactive ketones (excluding diaryl/α,β-unsaturated/α-hetero) is 1. The molecule has 0 aliphatic heterocycles. The van der Waals surface area contributed by atoms with Crippen LogP contribution >= 0.6 is 11.3 Å². The first-order valence-electron chi connectivity index (χ1n) is 11.5. The van der Waals surface area contributed by atoms with Crippen LogP contribution in [-0.4, -0.2) is 61.3 Å². The van der Waals surface area contributed by atoms with Gasteiger partial charge in [0.2, 0.25) is 11.4 Å². The maximum Gasteiger partial charge on any atom is 0.375 e. The van der Waals surface area contributed by atoms with E-state index in [1.165, 1.54) is 23.6 Å². The molecule has 0 radical (unpaired) electrons. The van der Waals surface area contributed by atoms with Crippen LogP contribution in [0.4, 0.5) is 11.4 Å². The van der Waals surface area contributed by atoms with Gasteiger partial charge in [-0.15, -0.1) is 11.3 Å². The van der Waals surface area contributed by atoms with Crippen LogP contribution < -0.4 is 21.5 Å². The summed E-state index contributed by atoms with van der Waals surface area (Å²) < 4.78 is 37.8. The molecule has 1 aromatic heterocycles. The van der Waals surface area contributed by atoms with Crippen LogP contribution in [0.25, 0.3) is 0 Å². The molecule has 16 nitrogen and oxygen atoms in total. The predicted molar refractivity (Wildman–Crippen MR) is 146 cm³/mol. The number of ketones is 1. The van der Waals surface area contributed by atoms with E-state index in [0.717, 1.165) is 30.6 Å². The van der Waals surface area contributed by atoms with Gasteiger partial charge in [0.05, 0.1) is 17.7 Å². The Morgan fingerprint density at radius 3 is 2.32 bits per heavy atom. The van der Waals surface area contributed by atoms with Crippen molar-refractivity contribution in [2.75, 3.05) is 11.8 Å². The standard InChI is InChI=1S/C23H28N6O10S2/c1-22(2,3)39-19(32)15(30)9-11-23(20(33)38-4,27-21(24)25)26-18(31)17-13(10-12-40-17)28-41(36,37)16-8-6-5-7-14(16)29(34)35/h5-8,10,12,28H,9,11H2,1-4H3,(H,26,31)(H4,24,25,27)/t23-/m1/s1. The first kappa shape index (κ1) is 32.6. The number of methoxy groups -OCH3 is 1. The van der Waals surface area contributed by atoms with Crippen molar-refractivity contribution in [1.29, 1.82) is 0 Å². The Balaban J connectivity index is 2.42. The summed E-state index contributed by atoms with van der Waals surface area (Å²) in [7, 11) is -3.61. The number of hydrogen-bond donors (Lipinski definition) is 4. The van der Waals surface area contributed by atoms with Gasteiger partial charge < -0.3 is 26.3 Å². The molecule has 41 heavy (non-hydrogen) atoms. The van der Waals surface area contributed by atoms with Crippen molar-refractivity contribution < 1.29 is 42.0 Å². The average Bonchev–Trinajstić information content (AvgIpc) is 3.32. The number of thiophene rings is 1. The topological polar surface area (TPSA) is 252 Å². The number of guanidine groups is 1. The summed E-state index contributed by atoms with van der Waals surface area (Å²) in [6, 6.07) is 5.77. The number of nitrogens with zero attached hydrogens (tertiary/aromatic N) is 2. The summed E-state index contributed by atoms with van der Waals surface area (Å²) in [4.78, 5) is 64.0. The number of carbonyl (C=O) groups is 4. The minimum absolute atomic E-state index is 0.293. The number of nitrogens with one attached hydrogen (secondary N) is 2. The lowest BCUT2D eigenvalue weighted by Crippen LogP contribution is -2.55. The summed E-state index contributed by atoms with van der Waals surface area (Å²) in [5, 5.41) is 14.9. The molecule has 1 aromatic carbocycles. The summed E-state index contributed by atoms with van der Waals surface area (Å²) in [6.07, 6.45) is -1.31. The monoisotopic (exact) mass is 612 g/mol. The molecule has 0 saturated carbocycles. The number of rotatable bonds is 12. The van der Waals surface area contributed by atoms with Gasteiger partial charge in [-0.25, -0.2) is 23.0 Å². The molecule has 2 aromatic rings. The predicted octanol–water partition coefficient (Wildman–Crippen LogP) is 1.02. The molecule has 0 spiro atoms. The highest BCUT2D eigenvalue weighted by molar-refractivity contribution is 7.92. The number of sulfonamides is 1. The number of ether oxygens (including phenoxy) is 2. The molecule has 1 heterocycles. The lowest BCUT2D eigenvalue weighted by molar-refractivity contribution is -0.387. The third kappa shape index (κ3) is 8.45. The second kappa shape index (κ2) is 12.7. The van der Waals surface area contributed by atoms with Crippen LogP contribution in [0.1, 0.15) is 43.3 Å². The Bertz CT molecular complexity index is 1490. The average molecular weight is 613 g/mol. The molecule has 2 rings (SSSR count). The molecular weight excluding hydrogens is 584 g/mol. The summed E-state index contributed by atoms with van der Waals surface area (Å²) >= 11 is 0.742. The van der Waals surface area contributed by atoms with Gasteiger partial charge in [-0.1, -0.05) is 12.1 Å². The Morgan fingerprint density at radius 1 is 1.12 bits per heavy atom. The van der Waals surface area contributed by atoms with Crippen LogP contribution in [0.15, 0.2) is 45.6 Å². The first-order valence-corrected chi connectivity index (χ1v) is 13.9. The smallest absolute Gasteiger partial charge is 0.375 e. The van der Waals surface area contributed by atoms with Gasteiger partial charge in [0.25, 0.3) is 21.6 Å². The van der Waals surface area contributed by atoms with Crippen molar-refractivity contribution in [2.45, 2.75) is 49.8 Å². The molecule has 1 amide bonds. The number of aliphatic imine (C=N–C) groups is 1. The number of nitrogens with two attached hydrogens (primary N) is 2. The van der Waals surface area contributed by atoms with E-state index in [9.17, 15) is 37.7 Å². The van der Waals surface area contributed by atoms with Crippen molar-refractivity contribution in [3.8, 4) is 0 Å². The Kier molecular flexibility index (Phi) is 10.1. The Hall–Kier alpha value is -4.58. The highest BCUT2D eigenvalue weighted by atomic mass is 32.2. The van der Waals surface area contributed by atoms with Crippen LogP contribution in [-0.2, 0) is 33.9 Å². The van der Waals surface area contributed by atoms with E-state index in [1.807, 2.05) is 0 Å². The number of anilines is 1. The van der Waals surface area contributed by atoms with E-state index in [4.69, 9.17) is 20.9 Å². The highest BCUT2D eigenvalue weighted by Gasteiger charge is 2.43. The molecular formula is C23H28N6O10S2. The number of para-hydroxylation sites is 1. The van der Waals surface area contributed by atoms with Crippen molar-refractivity contribution in [2.24, 2.45) is 16.5 Å². The third-order valence-corrected chi connectivity index (χ3v) is 7.30. The zero-order chi connectivity index (χ0) is 31.2. The summed E-state index contributed by atoms with van der Waals surface area (Å²) in [5.74, 6) is -5.24. The quantitative estimate of drug-likeness (QED) is 0.0654. The van der Waals surface area contributed by atoms with Crippen molar-refractivity contribution in [1.82, 2.24) is 5.32 Å². The second-order valence-electron chi connectivity index (χ2n) is 9.26. The number of nitro benzene ring substituents is 1. The molecule has 0 fully saturated rings. The number of esters is 2. The van der Waals surface area contributed by atoms with E-state index in [2.05, 4.69) is 15.0 Å². The lowest BCUT2D eigenvalue weighted by Gasteiger charge is -2.28. The normalized spacial score (nSPS) is 12.8. The van der Waals surface area contributed by atoms with E-state index in [0.29, 0.717) is 0 Å². The summed E-state index contributed by atoms with van der Waals surface area (Å²) in [6.45, 7) is 4.62. The van der Waals surface area contributed by atoms with Crippen molar-refractivity contribution in [3.05, 3.63) is 50.7 Å². The number of nitro groups is 1. The van der Waals surface area contributed by atoms with E-state index < -0.39 is 79.2 Å². The van der Waals surface area contributed by atoms with Gasteiger partial charge >= 0.3 is 11.9 Å². The van der Waals surface area contributed by atoms with Gasteiger partial charge in [-0.2, -0.15) is 0 Å². The van der Waals surface area contributed by atoms with Crippen molar-refractivity contribution in [3.63, 3.8) is 0 Å². The van der Waals surface area contributed by atoms with Gasteiger partial charge in [0.15, 0.2) is 10.9 Å². The van der Waals surface area contributed by atoms with Crippen LogP contribution in [0.2, 0.25) is 0 Å². The molecule has 0 saturated heterocycles. The molecule has 0 aliphatic carbocycles. The number of benzene rings is 1. The van der Waals surface area contributed by atoms with E-state index >= 15 is 0 Å². The number of amides is 1. The fourth-order valence-corrected chi connectivity index (χ4v) is 5.36. The SMILES string of the molecule is COC(=O)[C@@](CCC(=O)C(=O)OC(C)(C)C)(N=C(N)N)NC(=O)c1sccc1NS(=O)(=O)c1ccccc1[N+](=O)[O-]. The van der Waals surface area contributed by atoms with Gasteiger partial charge in [0.1, 0.15) is 10.5 Å². The van der Waals surface area contributed by atoms with Crippen LogP contribution in [0.3, 0.4) is 0 Å². The Morgan fingerprint density at radius 2 is 1.76 bits per heavy atom. The van der Waals surface area contributed by atoms with Gasteiger partial charge in [-0.3, -0.25) is 24.4 Å². The van der Waals surface area contributed by atoms with Crippen LogP contribution in [0, 0.1) is 10.1 Å². The minimum atomic E-state index is -4.56. The third-order valence-electron chi connectivity index (χ3n) is 4.97. The molecule has 6 N–H and O–H groups in total. The second-order valence-corrected chi connectivity index (χ2v) is 11.8. The van der Waals surface area contributed by atoms with E-state index in [1.54, 1.807) is 20.8 Å². The summed E-state index contributed by atoms with van der Waals surface area (Å²) in [5.41, 5.74) is 6.57. The number of hydrogen-bond acceptors (Lipinski definition) is 12. The number of carbonyl (C=O) groups excluding carboxylic acids is 4. The maximum atomic E-state index is 13.3. The zero-order valence-corrected chi connectivity index (χ0v) is 24.0. The molecule has 18 heteroatoms. The first-order chi connectivity index (χ1) is 18.9. The van der Waals surface area contributed by atoms with Crippen molar-refractivity contribution >= 4 is 62.3 Å². The minimum Gasteiger partial charge on any atom is -0.466 e. The van der Waals surface area contributed by atoms with Gasteiger partial charge in [0, 0.05) is 18.9 Å². The molecule has 222 valence electrons. The maximum absolute atomic E-state index is 13.3. The lowest BCUT2D eigenvalue weighted by atomic mass is 10.0. The van der Waals surface area contributed by atoms with E-state index in [-0.39, 0.29) is 10.6 Å². The Labute approximate surface area is 238 Å². The van der Waals surface area contributed by atoms with Crippen LogP contribution in [0.5, 0.6) is 0 Å². The molecule has 0 unspecified atom stereocenters. The fraction of sp³-hybridized carbons (Fsp3) is 0.348. The molecule has 0 bridgehead atoms. The molecule has 1 atom stereocenters. The largest absolute Gasteiger partial charge is 0.466 e. The zero-order valence-electron chi connectivity index (χ0n) is 22.3. The highest BCUT2D eigenvalue weighted by Crippen LogP contribution is 2.30. The molecule has 0 aliphatic rings. The fourth-order valence-electron chi connectivity index (χ4n) is 3.31. The van der Waals surface area contributed by atoms with Gasteiger partial charge in [-0.05, 0) is 38.3 Å².